The van der Waals surface area contributed by atoms with Gasteiger partial charge in [0.2, 0.25) is 0 Å². The van der Waals surface area contributed by atoms with Crippen molar-refractivity contribution in [1.82, 2.24) is 15.3 Å². The van der Waals surface area contributed by atoms with Crippen LogP contribution in [0.4, 0.5) is 0 Å². The standard InChI is InChI=1S/C9H13N3S/c1-10-5-8-6-3-2-4-7(6)11-9(13)12-8/h10H,2-5H2,1H3,(H,11,12,13). The molecule has 0 unspecified atom stereocenters. The van der Waals surface area contributed by atoms with Crippen LogP contribution in [0.3, 0.4) is 0 Å². The first-order chi connectivity index (χ1) is 6.31. The molecule has 1 aliphatic carbocycles. The van der Waals surface area contributed by atoms with E-state index in [4.69, 9.17) is 12.2 Å². The summed E-state index contributed by atoms with van der Waals surface area (Å²) in [5, 5.41) is 3.12. The molecule has 3 nitrogen and oxygen atoms in total. The molecule has 2 rings (SSSR count). The summed E-state index contributed by atoms with van der Waals surface area (Å²) in [6.07, 6.45) is 3.49. The smallest absolute Gasteiger partial charge is 0.197 e. The molecule has 0 radical (unpaired) electrons. The number of aryl methyl sites for hydroxylation is 1. The van der Waals surface area contributed by atoms with Gasteiger partial charge < -0.3 is 10.3 Å². The number of nitrogens with one attached hydrogen (secondary N) is 2. The lowest BCUT2D eigenvalue weighted by atomic mass is 10.2. The van der Waals surface area contributed by atoms with Crippen molar-refractivity contribution in [3.05, 3.63) is 21.7 Å². The fourth-order valence-electron chi connectivity index (χ4n) is 1.86. The van der Waals surface area contributed by atoms with E-state index in [1.165, 1.54) is 17.7 Å². The van der Waals surface area contributed by atoms with Gasteiger partial charge in [0.15, 0.2) is 4.77 Å². The molecule has 0 fully saturated rings. The Hall–Kier alpha value is -0.740. The summed E-state index contributed by atoms with van der Waals surface area (Å²) in [6.45, 7) is 0.820. The SMILES string of the molecule is CNCc1nc(=S)[nH]c2c1CCC2. The van der Waals surface area contributed by atoms with Crippen LogP contribution in [0.5, 0.6) is 0 Å². The van der Waals surface area contributed by atoms with E-state index in [1.807, 2.05) is 7.05 Å². The van der Waals surface area contributed by atoms with Gasteiger partial charge in [0.05, 0.1) is 5.69 Å². The Kier molecular flexibility index (Phi) is 2.42. The van der Waals surface area contributed by atoms with Gasteiger partial charge in [-0.25, -0.2) is 4.98 Å². The lowest BCUT2D eigenvalue weighted by Crippen LogP contribution is -2.11. The summed E-state index contributed by atoms with van der Waals surface area (Å²) in [5.74, 6) is 0. The molecule has 0 spiro atoms. The van der Waals surface area contributed by atoms with Gasteiger partial charge in [-0.15, -0.1) is 0 Å². The molecule has 0 bridgehead atoms. The van der Waals surface area contributed by atoms with Crippen LogP contribution in [0.2, 0.25) is 0 Å². The van der Waals surface area contributed by atoms with Crippen molar-refractivity contribution in [2.45, 2.75) is 25.8 Å². The van der Waals surface area contributed by atoms with Crippen molar-refractivity contribution < 1.29 is 0 Å². The Morgan fingerprint density at radius 2 is 2.38 bits per heavy atom. The van der Waals surface area contributed by atoms with Crippen LogP contribution in [0.15, 0.2) is 0 Å². The predicted molar refractivity (Wildman–Crippen MR) is 54.2 cm³/mol. The Morgan fingerprint density at radius 3 is 3.15 bits per heavy atom. The first kappa shape index (κ1) is 8.84. The van der Waals surface area contributed by atoms with Crippen LogP contribution in [0.1, 0.15) is 23.4 Å². The van der Waals surface area contributed by atoms with E-state index in [2.05, 4.69) is 15.3 Å². The number of aromatic amines is 1. The third kappa shape index (κ3) is 1.64. The second kappa shape index (κ2) is 3.55. The fraction of sp³-hybridized carbons (Fsp3) is 0.556. The minimum absolute atomic E-state index is 0.617. The lowest BCUT2D eigenvalue weighted by molar-refractivity contribution is 0.768. The average Bonchev–Trinajstić information content (AvgIpc) is 2.52. The topological polar surface area (TPSA) is 40.7 Å². The molecule has 1 aromatic heterocycles. The lowest BCUT2D eigenvalue weighted by Gasteiger charge is -2.06. The fourth-order valence-corrected chi connectivity index (χ4v) is 2.09. The Morgan fingerprint density at radius 1 is 1.54 bits per heavy atom. The summed E-state index contributed by atoms with van der Waals surface area (Å²) >= 11 is 5.06. The Bertz CT molecular complexity index is 370. The summed E-state index contributed by atoms with van der Waals surface area (Å²) in [7, 11) is 1.93. The zero-order valence-corrected chi connectivity index (χ0v) is 8.50. The summed E-state index contributed by atoms with van der Waals surface area (Å²) < 4.78 is 0.617. The summed E-state index contributed by atoms with van der Waals surface area (Å²) in [6, 6.07) is 0. The number of fused-ring (bicyclic) bond motifs is 1. The summed E-state index contributed by atoms with van der Waals surface area (Å²) in [4.78, 5) is 7.49. The normalized spacial score (nSPS) is 14.5. The van der Waals surface area contributed by atoms with Gasteiger partial charge >= 0.3 is 0 Å². The molecule has 0 amide bonds. The van der Waals surface area contributed by atoms with E-state index in [0.29, 0.717) is 4.77 Å². The molecule has 2 N–H and O–H groups in total. The minimum atomic E-state index is 0.617. The maximum atomic E-state index is 5.06. The molecule has 1 aromatic rings. The van der Waals surface area contributed by atoms with E-state index < -0.39 is 0 Å². The number of aromatic nitrogens is 2. The molecule has 70 valence electrons. The Balaban J connectivity index is 2.49. The van der Waals surface area contributed by atoms with Crippen LogP contribution in [-0.2, 0) is 19.4 Å². The number of nitrogens with zero attached hydrogens (tertiary/aromatic N) is 1. The highest BCUT2D eigenvalue weighted by atomic mass is 32.1. The monoisotopic (exact) mass is 195 g/mol. The van der Waals surface area contributed by atoms with Crippen LogP contribution >= 0.6 is 12.2 Å². The third-order valence-corrected chi connectivity index (χ3v) is 2.60. The van der Waals surface area contributed by atoms with Crippen LogP contribution < -0.4 is 5.32 Å². The second-order valence-electron chi connectivity index (χ2n) is 3.33. The number of H-pyrrole nitrogens is 1. The molecule has 0 saturated carbocycles. The first-order valence-corrected chi connectivity index (χ1v) is 4.97. The molecule has 0 atom stereocenters. The van der Waals surface area contributed by atoms with Crippen LogP contribution in [-0.4, -0.2) is 17.0 Å². The second-order valence-corrected chi connectivity index (χ2v) is 3.72. The molecule has 1 heterocycles. The van der Waals surface area contributed by atoms with Crippen LogP contribution in [0, 0.1) is 4.77 Å². The van der Waals surface area contributed by atoms with E-state index >= 15 is 0 Å². The quantitative estimate of drug-likeness (QED) is 0.700. The highest BCUT2D eigenvalue weighted by molar-refractivity contribution is 7.71. The van der Waals surface area contributed by atoms with Gasteiger partial charge in [-0.3, -0.25) is 0 Å². The Labute approximate surface area is 82.6 Å². The van der Waals surface area contributed by atoms with E-state index in [1.54, 1.807) is 0 Å². The maximum Gasteiger partial charge on any atom is 0.197 e. The van der Waals surface area contributed by atoms with Crippen molar-refractivity contribution in [2.24, 2.45) is 0 Å². The molecule has 4 heteroatoms. The van der Waals surface area contributed by atoms with Crippen molar-refractivity contribution >= 4 is 12.2 Å². The molecule has 13 heavy (non-hydrogen) atoms. The van der Waals surface area contributed by atoms with Gasteiger partial charge in [0, 0.05) is 12.2 Å². The van der Waals surface area contributed by atoms with E-state index in [9.17, 15) is 0 Å². The zero-order chi connectivity index (χ0) is 9.26. The molecule has 0 aromatic carbocycles. The van der Waals surface area contributed by atoms with Crippen molar-refractivity contribution in [1.29, 1.82) is 0 Å². The summed E-state index contributed by atoms with van der Waals surface area (Å²) in [5.41, 5.74) is 3.80. The predicted octanol–water partition coefficient (Wildman–Crippen LogP) is 1.35. The average molecular weight is 195 g/mol. The van der Waals surface area contributed by atoms with Crippen LogP contribution in [0.25, 0.3) is 0 Å². The molecular weight excluding hydrogens is 182 g/mol. The highest BCUT2D eigenvalue weighted by Crippen LogP contribution is 2.21. The van der Waals surface area contributed by atoms with Gasteiger partial charge in [0.25, 0.3) is 0 Å². The first-order valence-electron chi connectivity index (χ1n) is 4.57. The highest BCUT2D eigenvalue weighted by Gasteiger charge is 2.15. The van der Waals surface area contributed by atoms with Gasteiger partial charge in [-0.1, -0.05) is 0 Å². The number of rotatable bonds is 2. The van der Waals surface area contributed by atoms with Gasteiger partial charge in [-0.05, 0) is 44.1 Å². The van der Waals surface area contributed by atoms with Crippen molar-refractivity contribution in [3.63, 3.8) is 0 Å². The van der Waals surface area contributed by atoms with Gasteiger partial charge in [-0.2, -0.15) is 0 Å². The van der Waals surface area contributed by atoms with Gasteiger partial charge in [0.1, 0.15) is 0 Å². The molecule has 0 saturated heterocycles. The van der Waals surface area contributed by atoms with Crippen molar-refractivity contribution in [2.75, 3.05) is 7.05 Å². The maximum absolute atomic E-state index is 5.06. The van der Waals surface area contributed by atoms with Crippen molar-refractivity contribution in [3.8, 4) is 0 Å². The minimum Gasteiger partial charge on any atom is -0.334 e. The van der Waals surface area contributed by atoms with E-state index in [-0.39, 0.29) is 0 Å². The zero-order valence-electron chi connectivity index (χ0n) is 7.68. The molecule has 0 aliphatic heterocycles. The third-order valence-electron chi connectivity index (χ3n) is 2.40. The largest absolute Gasteiger partial charge is 0.334 e. The van der Waals surface area contributed by atoms with E-state index in [0.717, 1.165) is 25.1 Å². The molecule has 1 aliphatic rings. The molecular formula is C9H13N3S. The number of hydrogen-bond acceptors (Lipinski definition) is 3. The number of hydrogen-bond donors (Lipinski definition) is 2.